The van der Waals surface area contributed by atoms with Gasteiger partial charge in [-0.2, -0.15) is 10.2 Å². The summed E-state index contributed by atoms with van der Waals surface area (Å²) in [5, 5.41) is 11.3. The summed E-state index contributed by atoms with van der Waals surface area (Å²) in [5.41, 5.74) is 4.00. The number of rotatable bonds is 6. The standard InChI is InChI=1S/C19H23N5O2/c1-5-15-6-8-17(9-7-15)26-12-24-11-16(10-20-24)21-19(25)18-13(2)22-23(4)14(18)3/h6-11H,5,12H2,1-4H3,(H,21,25). The summed E-state index contributed by atoms with van der Waals surface area (Å²) in [6.07, 6.45) is 4.33. The fourth-order valence-electron chi connectivity index (χ4n) is 2.76. The molecule has 1 N–H and O–H groups in total. The van der Waals surface area contributed by atoms with Crippen LogP contribution in [0.25, 0.3) is 0 Å². The maximum absolute atomic E-state index is 12.5. The number of aromatic nitrogens is 4. The molecular weight excluding hydrogens is 330 g/mol. The van der Waals surface area contributed by atoms with Crippen molar-refractivity contribution in [2.75, 3.05) is 5.32 Å². The van der Waals surface area contributed by atoms with Gasteiger partial charge < -0.3 is 10.1 Å². The molecule has 136 valence electrons. The molecule has 3 aromatic rings. The quantitative estimate of drug-likeness (QED) is 0.739. The molecule has 0 unspecified atom stereocenters. The number of hydrogen-bond acceptors (Lipinski definition) is 4. The Hall–Kier alpha value is -3.09. The number of nitrogens with zero attached hydrogens (tertiary/aromatic N) is 4. The first-order chi connectivity index (χ1) is 12.5. The van der Waals surface area contributed by atoms with Gasteiger partial charge in [0, 0.05) is 12.7 Å². The number of nitrogens with one attached hydrogen (secondary N) is 1. The summed E-state index contributed by atoms with van der Waals surface area (Å²) < 4.78 is 9.04. The van der Waals surface area contributed by atoms with Crippen LogP contribution in [0.5, 0.6) is 5.75 Å². The van der Waals surface area contributed by atoms with Crippen LogP contribution in [0.3, 0.4) is 0 Å². The number of aryl methyl sites for hydroxylation is 3. The van der Waals surface area contributed by atoms with Crippen molar-refractivity contribution in [2.24, 2.45) is 7.05 Å². The fraction of sp³-hybridized carbons (Fsp3) is 0.316. The van der Waals surface area contributed by atoms with E-state index in [1.54, 1.807) is 21.8 Å². The van der Waals surface area contributed by atoms with E-state index in [-0.39, 0.29) is 12.6 Å². The van der Waals surface area contributed by atoms with Crippen LogP contribution in [0.1, 0.15) is 34.2 Å². The first kappa shape index (κ1) is 17.7. The highest BCUT2D eigenvalue weighted by molar-refractivity contribution is 6.05. The lowest BCUT2D eigenvalue weighted by atomic mass is 10.2. The van der Waals surface area contributed by atoms with Gasteiger partial charge in [-0.1, -0.05) is 19.1 Å². The average Bonchev–Trinajstić information content (AvgIpc) is 3.17. The zero-order valence-electron chi connectivity index (χ0n) is 15.5. The number of carbonyl (C=O) groups is 1. The van der Waals surface area contributed by atoms with Crippen LogP contribution >= 0.6 is 0 Å². The third kappa shape index (κ3) is 3.77. The van der Waals surface area contributed by atoms with Crippen LogP contribution in [-0.2, 0) is 20.2 Å². The average molecular weight is 353 g/mol. The molecule has 2 aromatic heterocycles. The van der Waals surface area contributed by atoms with Crippen molar-refractivity contribution in [2.45, 2.75) is 33.9 Å². The number of benzene rings is 1. The van der Waals surface area contributed by atoms with Gasteiger partial charge in [-0.3, -0.25) is 9.48 Å². The topological polar surface area (TPSA) is 74.0 Å². The molecule has 0 fully saturated rings. The summed E-state index contributed by atoms with van der Waals surface area (Å²) in [6, 6.07) is 7.98. The molecule has 1 amide bonds. The second-order valence-electron chi connectivity index (χ2n) is 6.16. The molecule has 26 heavy (non-hydrogen) atoms. The number of ether oxygens (including phenoxy) is 1. The number of anilines is 1. The lowest BCUT2D eigenvalue weighted by molar-refractivity contribution is 0.102. The van der Waals surface area contributed by atoms with Gasteiger partial charge in [0.15, 0.2) is 6.73 Å². The second-order valence-corrected chi connectivity index (χ2v) is 6.16. The molecule has 1 aromatic carbocycles. The summed E-state index contributed by atoms with van der Waals surface area (Å²) in [5.74, 6) is 0.591. The largest absolute Gasteiger partial charge is 0.471 e. The Morgan fingerprint density at radius 3 is 2.58 bits per heavy atom. The van der Waals surface area contributed by atoms with Crippen molar-refractivity contribution in [1.82, 2.24) is 19.6 Å². The van der Waals surface area contributed by atoms with E-state index in [2.05, 4.69) is 22.4 Å². The molecule has 0 aliphatic rings. The molecular formula is C19H23N5O2. The molecule has 0 saturated heterocycles. The third-order valence-electron chi connectivity index (χ3n) is 4.32. The van der Waals surface area contributed by atoms with Crippen LogP contribution in [0.4, 0.5) is 5.69 Å². The number of amides is 1. The minimum absolute atomic E-state index is 0.191. The molecule has 0 aliphatic carbocycles. The van der Waals surface area contributed by atoms with Gasteiger partial charge in [-0.25, -0.2) is 4.68 Å². The Bertz CT molecular complexity index is 909. The van der Waals surface area contributed by atoms with Gasteiger partial charge in [-0.05, 0) is 38.0 Å². The normalized spacial score (nSPS) is 10.8. The molecule has 0 spiro atoms. The molecule has 7 nitrogen and oxygen atoms in total. The molecule has 0 saturated carbocycles. The highest BCUT2D eigenvalue weighted by Crippen LogP contribution is 2.16. The van der Waals surface area contributed by atoms with Crippen LogP contribution in [0.15, 0.2) is 36.7 Å². The minimum atomic E-state index is -0.191. The molecule has 3 rings (SSSR count). The molecule has 2 heterocycles. The van der Waals surface area contributed by atoms with Crippen LogP contribution in [0, 0.1) is 13.8 Å². The van der Waals surface area contributed by atoms with Gasteiger partial charge in [0.05, 0.1) is 29.3 Å². The Kier molecular flexibility index (Phi) is 5.06. The summed E-state index contributed by atoms with van der Waals surface area (Å²) in [4.78, 5) is 12.5. The first-order valence-electron chi connectivity index (χ1n) is 8.53. The third-order valence-corrected chi connectivity index (χ3v) is 4.32. The van der Waals surface area contributed by atoms with E-state index in [0.717, 1.165) is 17.9 Å². The Labute approximate surface area is 152 Å². The van der Waals surface area contributed by atoms with Gasteiger partial charge >= 0.3 is 0 Å². The van der Waals surface area contributed by atoms with Gasteiger partial charge in [0.25, 0.3) is 5.91 Å². The second kappa shape index (κ2) is 7.43. The van der Waals surface area contributed by atoms with E-state index in [0.29, 0.717) is 16.9 Å². The maximum Gasteiger partial charge on any atom is 0.259 e. The van der Waals surface area contributed by atoms with Crippen molar-refractivity contribution < 1.29 is 9.53 Å². The SMILES string of the molecule is CCc1ccc(OCn2cc(NC(=O)c3c(C)nn(C)c3C)cn2)cc1. The lowest BCUT2D eigenvalue weighted by Gasteiger charge is -2.06. The fourth-order valence-corrected chi connectivity index (χ4v) is 2.76. The van der Waals surface area contributed by atoms with Crippen molar-refractivity contribution >= 4 is 11.6 Å². The van der Waals surface area contributed by atoms with E-state index in [9.17, 15) is 4.79 Å². The van der Waals surface area contributed by atoms with Crippen LogP contribution < -0.4 is 10.1 Å². The molecule has 0 atom stereocenters. The molecule has 0 radical (unpaired) electrons. The molecule has 0 bridgehead atoms. The predicted octanol–water partition coefficient (Wildman–Crippen LogP) is 3.08. The van der Waals surface area contributed by atoms with Crippen LogP contribution in [0.2, 0.25) is 0 Å². The Morgan fingerprint density at radius 2 is 1.96 bits per heavy atom. The zero-order chi connectivity index (χ0) is 18.7. The smallest absolute Gasteiger partial charge is 0.259 e. The first-order valence-corrected chi connectivity index (χ1v) is 8.53. The number of hydrogen-bond donors (Lipinski definition) is 1. The van der Waals surface area contributed by atoms with Crippen molar-refractivity contribution in [3.63, 3.8) is 0 Å². The van der Waals surface area contributed by atoms with Gasteiger partial charge in [-0.15, -0.1) is 0 Å². The maximum atomic E-state index is 12.5. The van der Waals surface area contributed by atoms with Crippen molar-refractivity contribution in [1.29, 1.82) is 0 Å². The van der Waals surface area contributed by atoms with E-state index >= 15 is 0 Å². The monoisotopic (exact) mass is 353 g/mol. The highest BCUT2D eigenvalue weighted by atomic mass is 16.5. The van der Waals surface area contributed by atoms with E-state index < -0.39 is 0 Å². The predicted molar refractivity (Wildman–Crippen MR) is 99.3 cm³/mol. The molecule has 0 aliphatic heterocycles. The number of carbonyl (C=O) groups excluding carboxylic acids is 1. The molecule has 7 heteroatoms. The van der Waals surface area contributed by atoms with E-state index in [1.807, 2.05) is 45.2 Å². The van der Waals surface area contributed by atoms with Crippen LogP contribution in [-0.4, -0.2) is 25.5 Å². The van der Waals surface area contributed by atoms with E-state index in [4.69, 9.17) is 4.74 Å². The minimum Gasteiger partial charge on any atom is -0.471 e. The van der Waals surface area contributed by atoms with Crippen molar-refractivity contribution in [3.05, 3.63) is 59.2 Å². The summed E-state index contributed by atoms with van der Waals surface area (Å²) in [7, 11) is 1.82. The summed E-state index contributed by atoms with van der Waals surface area (Å²) in [6.45, 7) is 6.08. The van der Waals surface area contributed by atoms with Crippen molar-refractivity contribution in [3.8, 4) is 5.75 Å². The zero-order valence-corrected chi connectivity index (χ0v) is 15.5. The lowest BCUT2D eigenvalue weighted by Crippen LogP contribution is -2.13. The highest BCUT2D eigenvalue weighted by Gasteiger charge is 2.17. The van der Waals surface area contributed by atoms with Gasteiger partial charge in [0.1, 0.15) is 5.75 Å². The Balaban J connectivity index is 1.61. The Morgan fingerprint density at radius 1 is 1.23 bits per heavy atom. The summed E-state index contributed by atoms with van der Waals surface area (Å²) >= 11 is 0. The van der Waals surface area contributed by atoms with E-state index in [1.165, 1.54) is 5.56 Å². The van der Waals surface area contributed by atoms with Gasteiger partial charge in [0.2, 0.25) is 0 Å².